The first-order chi connectivity index (χ1) is 9.65. The molecule has 1 aromatic carbocycles. The normalized spacial score (nSPS) is 16.6. The molecule has 21 heavy (non-hydrogen) atoms. The van der Waals surface area contributed by atoms with E-state index in [1.54, 1.807) is 6.07 Å². The SMILES string of the molecule is Cl.O=S(=O)(CC1CCNCC1)c1cnc2ccccc2n1. The fraction of sp³-hybridized carbons (Fsp3) is 0.429. The molecule has 1 aromatic heterocycles. The van der Waals surface area contributed by atoms with Crippen LogP contribution in [0.5, 0.6) is 0 Å². The quantitative estimate of drug-likeness (QED) is 0.931. The number of nitrogens with zero attached hydrogens (tertiary/aromatic N) is 2. The summed E-state index contributed by atoms with van der Waals surface area (Å²) in [6.45, 7) is 1.78. The summed E-state index contributed by atoms with van der Waals surface area (Å²) in [4.78, 5) is 8.43. The summed E-state index contributed by atoms with van der Waals surface area (Å²) in [5, 5.41) is 3.33. The first-order valence-electron chi connectivity index (χ1n) is 6.80. The van der Waals surface area contributed by atoms with Crippen molar-refractivity contribution in [2.75, 3.05) is 18.8 Å². The second-order valence-corrected chi connectivity index (χ2v) is 7.15. The van der Waals surface area contributed by atoms with Crippen molar-refractivity contribution in [3.8, 4) is 0 Å². The minimum absolute atomic E-state index is 0. The molecule has 114 valence electrons. The maximum Gasteiger partial charge on any atom is 0.197 e. The van der Waals surface area contributed by atoms with Crippen molar-refractivity contribution in [1.82, 2.24) is 15.3 Å². The summed E-state index contributed by atoms with van der Waals surface area (Å²) in [6, 6.07) is 7.30. The molecule has 1 fully saturated rings. The van der Waals surface area contributed by atoms with Gasteiger partial charge in [-0.2, -0.15) is 0 Å². The number of aromatic nitrogens is 2. The van der Waals surface area contributed by atoms with Crippen LogP contribution in [0.3, 0.4) is 0 Å². The number of piperidine rings is 1. The number of para-hydroxylation sites is 2. The van der Waals surface area contributed by atoms with E-state index in [4.69, 9.17) is 0 Å². The summed E-state index contributed by atoms with van der Waals surface area (Å²) in [5.74, 6) is 0.386. The molecule has 0 unspecified atom stereocenters. The molecule has 0 bridgehead atoms. The van der Waals surface area contributed by atoms with Gasteiger partial charge in [-0.15, -0.1) is 12.4 Å². The van der Waals surface area contributed by atoms with E-state index in [2.05, 4.69) is 15.3 Å². The Morgan fingerprint density at radius 2 is 1.81 bits per heavy atom. The lowest BCUT2D eigenvalue weighted by Crippen LogP contribution is -2.31. The molecular formula is C14H18ClN3O2S. The first-order valence-corrected chi connectivity index (χ1v) is 8.46. The van der Waals surface area contributed by atoms with Crippen molar-refractivity contribution in [3.63, 3.8) is 0 Å². The van der Waals surface area contributed by atoms with Crippen molar-refractivity contribution < 1.29 is 8.42 Å². The van der Waals surface area contributed by atoms with E-state index in [0.717, 1.165) is 25.9 Å². The molecule has 5 nitrogen and oxygen atoms in total. The number of benzene rings is 1. The molecule has 2 heterocycles. The molecule has 1 N–H and O–H groups in total. The van der Waals surface area contributed by atoms with Crippen LogP contribution in [-0.4, -0.2) is 37.2 Å². The van der Waals surface area contributed by atoms with Crippen LogP contribution < -0.4 is 5.32 Å². The minimum Gasteiger partial charge on any atom is -0.317 e. The molecule has 0 amide bonds. The highest BCUT2D eigenvalue weighted by atomic mass is 35.5. The van der Waals surface area contributed by atoms with Crippen molar-refractivity contribution in [3.05, 3.63) is 30.5 Å². The molecule has 0 radical (unpaired) electrons. The summed E-state index contributed by atoms with van der Waals surface area (Å²) < 4.78 is 24.8. The summed E-state index contributed by atoms with van der Waals surface area (Å²) in [6.07, 6.45) is 3.18. The molecule has 2 aromatic rings. The van der Waals surface area contributed by atoms with Gasteiger partial charge in [0.05, 0.1) is 23.0 Å². The average Bonchev–Trinajstić information content (AvgIpc) is 2.47. The molecule has 0 spiro atoms. The van der Waals surface area contributed by atoms with Gasteiger partial charge in [0.25, 0.3) is 0 Å². The smallest absolute Gasteiger partial charge is 0.197 e. The number of nitrogens with one attached hydrogen (secondary N) is 1. The largest absolute Gasteiger partial charge is 0.317 e. The zero-order valence-corrected chi connectivity index (χ0v) is 13.2. The lowest BCUT2D eigenvalue weighted by molar-refractivity contribution is 0.401. The standard InChI is InChI=1S/C14H17N3O2S.ClH/c18-20(19,10-11-5-7-15-8-6-11)14-9-16-12-3-1-2-4-13(12)17-14;/h1-4,9,11,15H,5-8,10H2;1H. The van der Waals surface area contributed by atoms with E-state index in [0.29, 0.717) is 11.0 Å². The van der Waals surface area contributed by atoms with E-state index < -0.39 is 9.84 Å². The van der Waals surface area contributed by atoms with E-state index in [1.807, 2.05) is 18.2 Å². The number of hydrogen-bond acceptors (Lipinski definition) is 5. The third-order valence-electron chi connectivity index (χ3n) is 3.66. The Hall–Kier alpha value is -1.24. The number of sulfone groups is 1. The van der Waals surface area contributed by atoms with Gasteiger partial charge >= 0.3 is 0 Å². The van der Waals surface area contributed by atoms with E-state index >= 15 is 0 Å². The molecule has 0 atom stereocenters. The van der Waals surface area contributed by atoms with Crippen LogP contribution in [0.1, 0.15) is 12.8 Å². The molecule has 1 aliphatic rings. The molecule has 0 saturated carbocycles. The van der Waals surface area contributed by atoms with E-state index in [1.165, 1.54) is 6.20 Å². The van der Waals surface area contributed by atoms with Gasteiger partial charge in [0.15, 0.2) is 14.9 Å². The van der Waals surface area contributed by atoms with Crippen LogP contribution in [0.2, 0.25) is 0 Å². The zero-order valence-electron chi connectivity index (χ0n) is 11.5. The van der Waals surface area contributed by atoms with Gasteiger partial charge in [0.1, 0.15) is 0 Å². The summed E-state index contributed by atoms with van der Waals surface area (Å²) in [5.41, 5.74) is 1.34. The van der Waals surface area contributed by atoms with E-state index in [-0.39, 0.29) is 29.1 Å². The van der Waals surface area contributed by atoms with Gasteiger partial charge in [0.2, 0.25) is 0 Å². The third-order valence-corrected chi connectivity index (χ3v) is 5.40. The predicted molar refractivity (Wildman–Crippen MR) is 84.4 cm³/mol. The Morgan fingerprint density at radius 1 is 1.14 bits per heavy atom. The topological polar surface area (TPSA) is 72.0 Å². The van der Waals surface area contributed by atoms with Crippen LogP contribution in [0.4, 0.5) is 0 Å². The second-order valence-electron chi connectivity index (χ2n) is 5.17. The fourth-order valence-electron chi connectivity index (χ4n) is 2.53. The number of hydrogen-bond donors (Lipinski definition) is 1. The molecule has 0 aliphatic carbocycles. The molecule has 1 saturated heterocycles. The predicted octanol–water partition coefficient (Wildman–Crippen LogP) is 1.82. The maximum absolute atomic E-state index is 12.4. The summed E-state index contributed by atoms with van der Waals surface area (Å²) >= 11 is 0. The average molecular weight is 328 g/mol. The fourth-order valence-corrected chi connectivity index (χ4v) is 4.11. The lowest BCUT2D eigenvalue weighted by Gasteiger charge is -2.22. The zero-order chi connectivity index (χ0) is 14.0. The van der Waals surface area contributed by atoms with Crippen LogP contribution in [0.15, 0.2) is 35.5 Å². The minimum atomic E-state index is -3.35. The third kappa shape index (κ3) is 3.70. The Labute approximate surface area is 130 Å². The van der Waals surface area contributed by atoms with Gasteiger partial charge in [-0.05, 0) is 44.0 Å². The lowest BCUT2D eigenvalue weighted by atomic mass is 10.0. The van der Waals surface area contributed by atoms with Crippen LogP contribution in [-0.2, 0) is 9.84 Å². The monoisotopic (exact) mass is 327 g/mol. The molecule has 1 aliphatic heterocycles. The number of fused-ring (bicyclic) bond motifs is 1. The maximum atomic E-state index is 12.4. The van der Waals surface area contributed by atoms with Crippen LogP contribution in [0, 0.1) is 5.92 Å². The van der Waals surface area contributed by atoms with Gasteiger partial charge in [-0.3, -0.25) is 4.98 Å². The first kappa shape index (κ1) is 16.1. The molecular weight excluding hydrogens is 310 g/mol. The van der Waals surface area contributed by atoms with Gasteiger partial charge in [-0.25, -0.2) is 13.4 Å². The number of rotatable bonds is 3. The van der Waals surface area contributed by atoms with Crippen molar-refractivity contribution in [1.29, 1.82) is 0 Å². The Kier molecular flexibility index (Phi) is 5.13. The van der Waals surface area contributed by atoms with Crippen LogP contribution in [0.25, 0.3) is 11.0 Å². The second kappa shape index (κ2) is 6.68. The Bertz CT molecular complexity index is 715. The number of halogens is 1. The van der Waals surface area contributed by atoms with E-state index in [9.17, 15) is 8.42 Å². The summed E-state index contributed by atoms with van der Waals surface area (Å²) in [7, 11) is -3.35. The van der Waals surface area contributed by atoms with Crippen molar-refractivity contribution >= 4 is 33.3 Å². The highest BCUT2D eigenvalue weighted by molar-refractivity contribution is 7.91. The van der Waals surface area contributed by atoms with Crippen LogP contribution >= 0.6 is 12.4 Å². The van der Waals surface area contributed by atoms with Gasteiger partial charge < -0.3 is 5.32 Å². The molecule has 7 heteroatoms. The van der Waals surface area contributed by atoms with Crippen molar-refractivity contribution in [2.24, 2.45) is 5.92 Å². The van der Waals surface area contributed by atoms with Gasteiger partial charge in [0, 0.05) is 0 Å². The Balaban J connectivity index is 0.00000161. The highest BCUT2D eigenvalue weighted by Crippen LogP contribution is 2.19. The van der Waals surface area contributed by atoms with Crippen molar-refractivity contribution in [2.45, 2.75) is 17.9 Å². The van der Waals surface area contributed by atoms with Gasteiger partial charge in [-0.1, -0.05) is 12.1 Å². The Morgan fingerprint density at radius 3 is 2.52 bits per heavy atom. The molecule has 3 rings (SSSR count). The highest BCUT2D eigenvalue weighted by Gasteiger charge is 2.24.